The maximum absolute atomic E-state index is 12.1. The predicted molar refractivity (Wildman–Crippen MR) is 81.3 cm³/mol. The van der Waals surface area contributed by atoms with Crippen LogP contribution in [-0.4, -0.2) is 20.2 Å². The molecule has 0 amide bonds. The van der Waals surface area contributed by atoms with Gasteiger partial charge in [-0.1, -0.05) is 17.7 Å². The summed E-state index contributed by atoms with van der Waals surface area (Å²) in [4.78, 5) is 0.230. The highest BCUT2D eigenvalue weighted by atomic mass is 32.2. The van der Waals surface area contributed by atoms with Crippen molar-refractivity contribution < 1.29 is 13.2 Å². The Morgan fingerprint density at radius 1 is 1.10 bits per heavy atom. The molecule has 2 aromatic rings. The van der Waals surface area contributed by atoms with E-state index in [4.69, 9.17) is 15.9 Å². The number of nitrogen functional groups attached to an aromatic ring is 1. The first kappa shape index (κ1) is 15.1. The van der Waals surface area contributed by atoms with Crippen LogP contribution in [-0.2, 0) is 9.84 Å². The zero-order valence-electron chi connectivity index (χ0n) is 11.5. The average Bonchev–Trinajstić information content (AvgIpc) is 2.46. The minimum absolute atomic E-state index is 0.0474. The Labute approximate surface area is 123 Å². The van der Waals surface area contributed by atoms with Crippen LogP contribution < -0.4 is 10.5 Å². The summed E-state index contributed by atoms with van der Waals surface area (Å²) in [6.45, 7) is 1.89. The normalized spacial score (nSPS) is 11.1. The van der Waals surface area contributed by atoms with Crippen LogP contribution in [0.25, 0.3) is 0 Å². The number of nitrogens with one attached hydrogen (secondary N) is 1. The molecule has 2 aromatic carbocycles. The fourth-order valence-corrected chi connectivity index (χ4v) is 2.67. The van der Waals surface area contributed by atoms with E-state index in [0.717, 1.165) is 5.56 Å². The minimum Gasteiger partial charge on any atom is -0.477 e. The molecule has 0 atom stereocenters. The summed E-state index contributed by atoms with van der Waals surface area (Å²) in [5.41, 5.74) is 6.90. The maximum atomic E-state index is 12.1. The van der Waals surface area contributed by atoms with Gasteiger partial charge >= 0.3 is 0 Å². The van der Waals surface area contributed by atoms with E-state index in [-0.39, 0.29) is 10.7 Å². The van der Waals surface area contributed by atoms with E-state index in [9.17, 15) is 8.42 Å². The first-order chi connectivity index (χ1) is 9.88. The van der Waals surface area contributed by atoms with E-state index >= 15 is 0 Å². The van der Waals surface area contributed by atoms with Gasteiger partial charge < -0.3 is 10.5 Å². The van der Waals surface area contributed by atoms with Gasteiger partial charge in [0, 0.05) is 5.56 Å². The Bertz CT molecular complexity index is 735. The Balaban J connectivity index is 2.08. The smallest absolute Gasteiger partial charge is 0.213 e. The summed E-state index contributed by atoms with van der Waals surface area (Å²) < 4.78 is 29.5. The predicted octanol–water partition coefficient (Wildman–Crippen LogP) is 2.09. The van der Waals surface area contributed by atoms with Gasteiger partial charge in [-0.05, 0) is 43.3 Å². The van der Waals surface area contributed by atoms with Crippen LogP contribution in [0.5, 0.6) is 5.75 Å². The second-order valence-electron chi connectivity index (χ2n) is 4.63. The van der Waals surface area contributed by atoms with Crippen molar-refractivity contribution in [3.63, 3.8) is 0 Å². The van der Waals surface area contributed by atoms with E-state index in [2.05, 4.69) is 0 Å². The molecule has 0 aliphatic heterocycles. The lowest BCUT2D eigenvalue weighted by atomic mass is 10.2. The molecule has 0 spiro atoms. The van der Waals surface area contributed by atoms with Gasteiger partial charge in [0.05, 0.1) is 4.90 Å². The average molecular weight is 304 g/mol. The Morgan fingerprint density at radius 3 is 2.19 bits per heavy atom. The summed E-state index contributed by atoms with van der Waals surface area (Å²) in [6, 6.07) is 13.0. The number of hydrogen-bond acceptors (Lipinski definition) is 4. The lowest BCUT2D eigenvalue weighted by Crippen LogP contribution is -2.13. The fourth-order valence-electron chi connectivity index (χ4n) is 1.69. The van der Waals surface area contributed by atoms with Crippen molar-refractivity contribution >= 4 is 15.7 Å². The Hall–Kier alpha value is -2.34. The Morgan fingerprint density at radius 2 is 1.67 bits per heavy atom. The zero-order valence-corrected chi connectivity index (χ0v) is 12.4. The van der Waals surface area contributed by atoms with Crippen molar-refractivity contribution in [2.45, 2.75) is 11.8 Å². The van der Waals surface area contributed by atoms with Crippen molar-refractivity contribution in [2.24, 2.45) is 5.73 Å². The van der Waals surface area contributed by atoms with Gasteiger partial charge in [0.1, 0.15) is 11.6 Å². The molecule has 0 saturated heterocycles. The van der Waals surface area contributed by atoms with Gasteiger partial charge in [-0.2, -0.15) is 0 Å². The number of nitrogens with two attached hydrogens (primary N) is 1. The molecule has 0 aliphatic rings. The van der Waals surface area contributed by atoms with Crippen LogP contribution >= 0.6 is 0 Å². The minimum atomic E-state index is -3.49. The summed E-state index contributed by atoms with van der Waals surface area (Å²) in [7, 11) is -3.49. The monoisotopic (exact) mass is 304 g/mol. The van der Waals surface area contributed by atoms with Crippen LogP contribution in [0, 0.1) is 12.3 Å². The van der Waals surface area contributed by atoms with Crippen molar-refractivity contribution in [3.05, 3.63) is 59.7 Å². The van der Waals surface area contributed by atoms with Crippen LogP contribution in [0.3, 0.4) is 0 Å². The van der Waals surface area contributed by atoms with Crippen LogP contribution in [0.4, 0.5) is 0 Å². The van der Waals surface area contributed by atoms with E-state index in [1.165, 1.54) is 0 Å². The quantitative estimate of drug-likeness (QED) is 0.653. The molecule has 0 aromatic heterocycles. The van der Waals surface area contributed by atoms with Gasteiger partial charge in [-0.3, -0.25) is 5.41 Å². The topological polar surface area (TPSA) is 93.2 Å². The van der Waals surface area contributed by atoms with Crippen LogP contribution in [0.2, 0.25) is 0 Å². The number of rotatable bonds is 5. The first-order valence-electron chi connectivity index (χ1n) is 6.25. The van der Waals surface area contributed by atoms with Crippen molar-refractivity contribution in [3.8, 4) is 5.75 Å². The molecule has 0 unspecified atom stereocenters. The number of hydrogen-bond donors (Lipinski definition) is 2. The molecule has 0 saturated carbocycles. The van der Waals surface area contributed by atoms with Gasteiger partial charge in [-0.15, -0.1) is 0 Å². The SMILES string of the molecule is Cc1ccc(S(=O)(=O)COc2ccc(C(=N)N)cc2)cc1. The molecule has 6 heteroatoms. The third-order valence-electron chi connectivity index (χ3n) is 2.93. The number of amidine groups is 1. The van der Waals surface area contributed by atoms with Gasteiger partial charge in [0.15, 0.2) is 5.94 Å². The molecule has 110 valence electrons. The highest BCUT2D eigenvalue weighted by molar-refractivity contribution is 7.91. The molecule has 21 heavy (non-hydrogen) atoms. The standard InChI is InChI=1S/C15H16N2O3S/c1-11-2-8-14(9-3-11)21(18,19)10-20-13-6-4-12(5-7-13)15(16)17/h2-9H,10H2,1H3,(H3,16,17). The number of aryl methyl sites for hydroxylation is 1. The number of sulfone groups is 1. The third-order valence-corrected chi connectivity index (χ3v) is 4.34. The van der Waals surface area contributed by atoms with Gasteiger partial charge in [0.25, 0.3) is 0 Å². The Kier molecular flexibility index (Phi) is 4.28. The summed E-state index contributed by atoms with van der Waals surface area (Å²) in [5.74, 6) is -0.0698. The van der Waals surface area contributed by atoms with E-state index in [0.29, 0.717) is 11.3 Å². The number of benzene rings is 2. The van der Waals surface area contributed by atoms with E-state index in [1.807, 2.05) is 6.92 Å². The van der Waals surface area contributed by atoms with Crippen LogP contribution in [0.1, 0.15) is 11.1 Å². The lowest BCUT2D eigenvalue weighted by Gasteiger charge is -2.08. The molecular formula is C15H16N2O3S. The first-order valence-corrected chi connectivity index (χ1v) is 7.90. The fraction of sp³-hybridized carbons (Fsp3) is 0.133. The molecule has 0 heterocycles. The molecule has 0 aliphatic carbocycles. The largest absolute Gasteiger partial charge is 0.477 e. The molecule has 3 N–H and O–H groups in total. The summed E-state index contributed by atoms with van der Waals surface area (Å²) in [5, 5.41) is 7.28. The van der Waals surface area contributed by atoms with Gasteiger partial charge in [0.2, 0.25) is 9.84 Å². The molecular weight excluding hydrogens is 288 g/mol. The summed E-state index contributed by atoms with van der Waals surface area (Å²) >= 11 is 0. The highest BCUT2D eigenvalue weighted by Gasteiger charge is 2.15. The highest BCUT2D eigenvalue weighted by Crippen LogP contribution is 2.16. The second-order valence-corrected chi connectivity index (χ2v) is 6.56. The molecule has 0 fully saturated rings. The number of ether oxygens (including phenoxy) is 1. The van der Waals surface area contributed by atoms with E-state index < -0.39 is 15.8 Å². The zero-order chi connectivity index (χ0) is 15.5. The van der Waals surface area contributed by atoms with Crippen molar-refractivity contribution in [1.82, 2.24) is 0 Å². The molecule has 0 bridgehead atoms. The second kappa shape index (κ2) is 5.97. The van der Waals surface area contributed by atoms with Crippen molar-refractivity contribution in [1.29, 1.82) is 5.41 Å². The molecule has 5 nitrogen and oxygen atoms in total. The van der Waals surface area contributed by atoms with Gasteiger partial charge in [-0.25, -0.2) is 8.42 Å². The maximum Gasteiger partial charge on any atom is 0.213 e. The lowest BCUT2D eigenvalue weighted by molar-refractivity contribution is 0.376. The van der Waals surface area contributed by atoms with Crippen LogP contribution in [0.15, 0.2) is 53.4 Å². The third kappa shape index (κ3) is 3.82. The summed E-state index contributed by atoms with van der Waals surface area (Å²) in [6.07, 6.45) is 0. The van der Waals surface area contributed by atoms with Crippen molar-refractivity contribution in [2.75, 3.05) is 5.94 Å². The molecule has 0 radical (unpaired) electrons. The van der Waals surface area contributed by atoms with E-state index in [1.54, 1.807) is 48.5 Å². The molecule has 2 rings (SSSR count).